The molecule has 0 fully saturated rings. The average molecular weight is 322 g/mol. The zero-order valence-corrected chi connectivity index (χ0v) is 12.1. The summed E-state index contributed by atoms with van der Waals surface area (Å²) in [6.45, 7) is 0. The molecule has 108 valence electrons. The van der Waals surface area contributed by atoms with Crippen molar-refractivity contribution >= 4 is 27.4 Å². The highest BCUT2D eigenvalue weighted by molar-refractivity contribution is 7.93. The first kappa shape index (κ1) is 14.7. The van der Waals surface area contributed by atoms with Crippen LogP contribution < -0.4 is 4.31 Å². The number of rotatable bonds is 3. The molecule has 0 aliphatic rings. The molecule has 1 aromatic heterocycles. The molecule has 0 spiro atoms. The molecule has 0 amide bonds. The molecule has 2 aromatic rings. The van der Waals surface area contributed by atoms with Crippen LogP contribution in [0.1, 0.15) is 0 Å². The maximum absolute atomic E-state index is 13.7. The summed E-state index contributed by atoms with van der Waals surface area (Å²) in [5.41, 5.74) is 0. The Hall–Kier alpha value is -1.67. The predicted molar refractivity (Wildman–Crippen MR) is 70.2 cm³/mol. The van der Waals surface area contributed by atoms with Gasteiger partial charge in [0.2, 0.25) is 0 Å². The normalized spacial score (nSPS) is 11.7. The molecule has 5 nitrogen and oxygen atoms in total. The van der Waals surface area contributed by atoms with Crippen molar-refractivity contribution in [1.29, 1.82) is 0 Å². The number of benzene rings is 1. The smallest absolute Gasteiger partial charge is 0.269 e. The second kappa shape index (κ2) is 5.02. The van der Waals surface area contributed by atoms with Crippen LogP contribution in [0.15, 0.2) is 29.3 Å². The van der Waals surface area contributed by atoms with Crippen molar-refractivity contribution in [2.24, 2.45) is 7.05 Å². The number of aromatic nitrogens is 2. The van der Waals surface area contributed by atoms with Crippen LogP contribution in [0.2, 0.25) is 5.02 Å². The van der Waals surface area contributed by atoms with E-state index in [-0.39, 0.29) is 5.82 Å². The Morgan fingerprint density at radius 3 is 2.50 bits per heavy atom. The molecular weight excluding hydrogens is 312 g/mol. The molecule has 0 N–H and O–H groups in total. The summed E-state index contributed by atoms with van der Waals surface area (Å²) in [5, 5.41) is 3.49. The first-order chi connectivity index (χ1) is 9.25. The van der Waals surface area contributed by atoms with E-state index in [9.17, 15) is 17.2 Å². The summed E-state index contributed by atoms with van der Waals surface area (Å²) in [6, 6.07) is 3.17. The third-order valence-electron chi connectivity index (χ3n) is 2.64. The number of hydrogen-bond donors (Lipinski definition) is 0. The summed E-state index contributed by atoms with van der Waals surface area (Å²) in [6.07, 6.45) is 1.52. The first-order valence-electron chi connectivity index (χ1n) is 5.37. The van der Waals surface area contributed by atoms with Crippen molar-refractivity contribution in [2.45, 2.75) is 4.90 Å². The lowest BCUT2D eigenvalue weighted by Crippen LogP contribution is -2.28. The number of halogens is 3. The Kier molecular flexibility index (Phi) is 3.70. The van der Waals surface area contributed by atoms with Gasteiger partial charge in [0.25, 0.3) is 10.0 Å². The molecule has 0 radical (unpaired) electrons. The highest BCUT2D eigenvalue weighted by Gasteiger charge is 2.30. The topological polar surface area (TPSA) is 55.2 Å². The largest absolute Gasteiger partial charge is 0.274 e. The van der Waals surface area contributed by atoms with Crippen molar-refractivity contribution in [3.63, 3.8) is 0 Å². The van der Waals surface area contributed by atoms with Crippen molar-refractivity contribution in [1.82, 2.24) is 9.78 Å². The van der Waals surface area contributed by atoms with E-state index in [1.807, 2.05) is 0 Å². The molecule has 0 unspecified atom stereocenters. The van der Waals surface area contributed by atoms with Crippen LogP contribution in [0, 0.1) is 11.6 Å². The van der Waals surface area contributed by atoms with Gasteiger partial charge in [-0.3, -0.25) is 8.99 Å². The zero-order chi connectivity index (χ0) is 15.1. The Morgan fingerprint density at radius 2 is 1.95 bits per heavy atom. The maximum Gasteiger partial charge on any atom is 0.269 e. The lowest BCUT2D eigenvalue weighted by molar-refractivity contribution is 0.484. The zero-order valence-electron chi connectivity index (χ0n) is 10.5. The summed E-state index contributed by atoms with van der Waals surface area (Å²) in [7, 11) is -1.58. The molecule has 0 saturated carbocycles. The highest BCUT2D eigenvalue weighted by atomic mass is 35.5. The molecule has 0 saturated heterocycles. The molecular formula is C11H10ClF2N3O2S. The van der Waals surface area contributed by atoms with Crippen molar-refractivity contribution < 1.29 is 17.2 Å². The Labute approximate surface area is 119 Å². The van der Waals surface area contributed by atoms with Crippen LogP contribution in [0.25, 0.3) is 0 Å². The second-order valence-electron chi connectivity index (χ2n) is 3.99. The number of aryl methyl sites for hydroxylation is 1. The van der Waals surface area contributed by atoms with E-state index >= 15 is 0 Å². The maximum atomic E-state index is 13.7. The van der Waals surface area contributed by atoms with E-state index in [1.165, 1.54) is 24.0 Å². The highest BCUT2D eigenvalue weighted by Crippen LogP contribution is 2.30. The average Bonchev–Trinajstić information content (AvgIpc) is 2.79. The van der Waals surface area contributed by atoms with Crippen LogP contribution in [-0.4, -0.2) is 25.2 Å². The van der Waals surface area contributed by atoms with Gasteiger partial charge in [-0.1, -0.05) is 11.6 Å². The first-order valence-corrected chi connectivity index (χ1v) is 7.19. The van der Waals surface area contributed by atoms with Gasteiger partial charge in [0.1, 0.15) is 4.90 Å². The molecule has 0 atom stereocenters. The van der Waals surface area contributed by atoms with Gasteiger partial charge in [0.15, 0.2) is 17.5 Å². The van der Waals surface area contributed by atoms with Crippen LogP contribution in [0.3, 0.4) is 0 Å². The van der Waals surface area contributed by atoms with Gasteiger partial charge in [-0.05, 0) is 12.1 Å². The summed E-state index contributed by atoms with van der Waals surface area (Å²) in [5.74, 6) is -2.74. The Morgan fingerprint density at radius 1 is 1.30 bits per heavy atom. The van der Waals surface area contributed by atoms with Crippen LogP contribution in [0.5, 0.6) is 0 Å². The molecule has 9 heteroatoms. The third kappa shape index (κ3) is 2.36. The molecule has 0 bridgehead atoms. The molecule has 20 heavy (non-hydrogen) atoms. The fraction of sp³-hybridized carbons (Fsp3) is 0.182. The van der Waals surface area contributed by atoms with Gasteiger partial charge in [-0.25, -0.2) is 17.2 Å². The standard InChI is InChI=1S/C11H10ClF2N3O2S/c1-16-6-5-9(15-16)17(2)20(18,19)11-7(12)3-4-8(13)10(11)14/h3-6H,1-2H3. The third-order valence-corrected chi connectivity index (χ3v) is 4.89. The van der Waals surface area contributed by atoms with Crippen molar-refractivity contribution in [3.05, 3.63) is 41.1 Å². The van der Waals surface area contributed by atoms with Gasteiger partial charge >= 0.3 is 0 Å². The van der Waals surface area contributed by atoms with E-state index in [0.717, 1.165) is 16.4 Å². The predicted octanol–water partition coefficient (Wildman–Crippen LogP) is 2.18. The van der Waals surface area contributed by atoms with Gasteiger partial charge < -0.3 is 0 Å². The summed E-state index contributed by atoms with van der Waals surface area (Å²) >= 11 is 5.68. The van der Waals surface area contributed by atoms with Crippen molar-refractivity contribution in [2.75, 3.05) is 11.4 Å². The van der Waals surface area contributed by atoms with E-state index in [4.69, 9.17) is 11.6 Å². The van der Waals surface area contributed by atoms with E-state index in [2.05, 4.69) is 5.10 Å². The van der Waals surface area contributed by atoms with Gasteiger partial charge in [0.05, 0.1) is 5.02 Å². The summed E-state index contributed by atoms with van der Waals surface area (Å²) < 4.78 is 53.7. The SMILES string of the molecule is CN(c1ccn(C)n1)S(=O)(=O)c1c(Cl)ccc(F)c1F. The number of sulfonamides is 1. The van der Waals surface area contributed by atoms with E-state index < -0.39 is 31.6 Å². The van der Waals surface area contributed by atoms with Gasteiger partial charge in [0, 0.05) is 26.4 Å². The fourth-order valence-electron chi connectivity index (χ4n) is 1.58. The van der Waals surface area contributed by atoms with Crippen LogP contribution in [0.4, 0.5) is 14.6 Å². The fourth-order valence-corrected chi connectivity index (χ4v) is 3.27. The van der Waals surface area contributed by atoms with Crippen molar-refractivity contribution in [3.8, 4) is 0 Å². The van der Waals surface area contributed by atoms with E-state index in [0.29, 0.717) is 0 Å². The molecule has 1 aromatic carbocycles. The molecule has 0 aliphatic carbocycles. The lowest BCUT2D eigenvalue weighted by atomic mass is 10.3. The van der Waals surface area contributed by atoms with Gasteiger partial charge in [-0.15, -0.1) is 0 Å². The molecule has 2 rings (SSSR count). The minimum absolute atomic E-state index is 0.0622. The number of nitrogens with zero attached hydrogens (tertiary/aromatic N) is 3. The van der Waals surface area contributed by atoms with Gasteiger partial charge in [-0.2, -0.15) is 5.10 Å². The van der Waals surface area contributed by atoms with Crippen LogP contribution in [-0.2, 0) is 17.1 Å². The number of hydrogen-bond acceptors (Lipinski definition) is 3. The van der Waals surface area contributed by atoms with E-state index in [1.54, 1.807) is 7.05 Å². The second-order valence-corrected chi connectivity index (χ2v) is 6.31. The minimum atomic E-state index is -4.35. The molecule has 0 aliphatic heterocycles. The minimum Gasteiger partial charge on any atom is -0.274 e. The quantitative estimate of drug-likeness (QED) is 0.814. The number of anilines is 1. The lowest BCUT2D eigenvalue weighted by Gasteiger charge is -2.18. The Bertz CT molecular complexity index is 761. The summed E-state index contributed by atoms with van der Waals surface area (Å²) in [4.78, 5) is -0.910. The monoisotopic (exact) mass is 321 g/mol. The van der Waals surface area contributed by atoms with Crippen LogP contribution >= 0.6 is 11.6 Å². The Balaban J connectivity index is 2.59. The molecule has 1 heterocycles.